The van der Waals surface area contributed by atoms with Crippen molar-refractivity contribution in [3.05, 3.63) is 35.1 Å². The minimum atomic E-state index is -0.370. The van der Waals surface area contributed by atoms with Gasteiger partial charge in [0, 0.05) is 17.5 Å². The van der Waals surface area contributed by atoms with Gasteiger partial charge in [0.25, 0.3) is 0 Å². The SMILES string of the molecule is Cc1cc2occ(CC(=O)NCC(C)(C)CC(C)O)c2cc1C. The number of nitrogens with one attached hydrogen (secondary N) is 1. The van der Waals surface area contributed by atoms with Gasteiger partial charge in [-0.2, -0.15) is 0 Å². The van der Waals surface area contributed by atoms with Crippen LogP contribution in [0.5, 0.6) is 0 Å². The van der Waals surface area contributed by atoms with Crippen LogP contribution in [0.4, 0.5) is 0 Å². The molecule has 2 N–H and O–H groups in total. The van der Waals surface area contributed by atoms with E-state index in [4.69, 9.17) is 4.42 Å². The van der Waals surface area contributed by atoms with Crippen molar-refractivity contribution in [2.45, 2.75) is 53.6 Å². The van der Waals surface area contributed by atoms with Gasteiger partial charge in [0.15, 0.2) is 0 Å². The predicted molar refractivity (Wildman–Crippen MR) is 92.5 cm³/mol. The number of carbonyl (C=O) groups is 1. The second-order valence-corrected chi connectivity index (χ2v) is 7.36. The predicted octanol–water partition coefficient (Wildman–Crippen LogP) is 3.51. The lowest BCUT2D eigenvalue weighted by Gasteiger charge is -2.26. The summed E-state index contributed by atoms with van der Waals surface area (Å²) in [4.78, 5) is 12.2. The molecule has 0 bridgehead atoms. The summed E-state index contributed by atoms with van der Waals surface area (Å²) >= 11 is 0. The van der Waals surface area contributed by atoms with E-state index in [-0.39, 0.29) is 17.4 Å². The fourth-order valence-corrected chi connectivity index (χ4v) is 2.92. The standard InChI is InChI=1S/C19H27NO3/c1-12-6-16-15(10-23-17(16)7-13(12)2)8-18(22)20-11-19(4,5)9-14(3)21/h6-7,10,14,21H,8-9,11H2,1-5H3,(H,20,22). The highest BCUT2D eigenvalue weighted by molar-refractivity contribution is 5.88. The molecule has 1 amide bonds. The van der Waals surface area contributed by atoms with E-state index < -0.39 is 0 Å². The summed E-state index contributed by atoms with van der Waals surface area (Å²) in [5, 5.41) is 13.5. The Bertz CT molecular complexity index is 698. The summed E-state index contributed by atoms with van der Waals surface area (Å²) in [6.45, 7) is 10.5. The maximum atomic E-state index is 12.2. The molecule has 1 aromatic heterocycles. The zero-order valence-electron chi connectivity index (χ0n) is 14.7. The molecule has 1 atom stereocenters. The highest BCUT2D eigenvalue weighted by atomic mass is 16.3. The largest absolute Gasteiger partial charge is 0.464 e. The van der Waals surface area contributed by atoms with Gasteiger partial charge in [0.2, 0.25) is 5.91 Å². The van der Waals surface area contributed by atoms with Crippen LogP contribution in [0, 0.1) is 19.3 Å². The number of rotatable bonds is 6. The lowest BCUT2D eigenvalue weighted by Crippen LogP contribution is -2.36. The van der Waals surface area contributed by atoms with Crippen molar-refractivity contribution < 1.29 is 14.3 Å². The van der Waals surface area contributed by atoms with Crippen molar-refractivity contribution in [2.75, 3.05) is 6.54 Å². The van der Waals surface area contributed by atoms with Gasteiger partial charge in [-0.05, 0) is 55.9 Å². The third-order valence-corrected chi connectivity index (χ3v) is 4.23. The van der Waals surface area contributed by atoms with E-state index >= 15 is 0 Å². The van der Waals surface area contributed by atoms with Crippen LogP contribution < -0.4 is 5.32 Å². The molecule has 126 valence electrons. The van der Waals surface area contributed by atoms with Crippen LogP contribution >= 0.6 is 0 Å². The Morgan fingerprint density at radius 2 is 1.96 bits per heavy atom. The Morgan fingerprint density at radius 1 is 1.30 bits per heavy atom. The third kappa shape index (κ3) is 4.58. The fraction of sp³-hybridized carbons (Fsp3) is 0.526. The molecular formula is C19H27NO3. The molecule has 0 fully saturated rings. The summed E-state index contributed by atoms with van der Waals surface area (Å²) in [6, 6.07) is 4.09. The van der Waals surface area contributed by atoms with Gasteiger partial charge in [0.05, 0.1) is 18.8 Å². The van der Waals surface area contributed by atoms with E-state index in [1.807, 2.05) is 26.8 Å². The Balaban J connectivity index is 2.02. The molecule has 23 heavy (non-hydrogen) atoms. The first kappa shape index (κ1) is 17.5. The van der Waals surface area contributed by atoms with Crippen LogP contribution in [0.15, 0.2) is 22.8 Å². The number of furan rings is 1. The molecule has 1 heterocycles. The maximum absolute atomic E-state index is 12.2. The maximum Gasteiger partial charge on any atom is 0.224 e. The number of aliphatic hydroxyl groups excluding tert-OH is 1. The number of aliphatic hydroxyl groups is 1. The van der Waals surface area contributed by atoms with E-state index in [2.05, 4.69) is 18.3 Å². The van der Waals surface area contributed by atoms with Crippen molar-refractivity contribution in [3.8, 4) is 0 Å². The average Bonchev–Trinajstić information content (AvgIpc) is 2.78. The minimum Gasteiger partial charge on any atom is -0.464 e. The smallest absolute Gasteiger partial charge is 0.224 e. The number of benzene rings is 1. The molecule has 0 spiro atoms. The summed E-state index contributed by atoms with van der Waals surface area (Å²) in [7, 11) is 0. The quantitative estimate of drug-likeness (QED) is 0.857. The summed E-state index contributed by atoms with van der Waals surface area (Å²) in [5.74, 6) is -0.0235. The van der Waals surface area contributed by atoms with Gasteiger partial charge in [-0.15, -0.1) is 0 Å². The molecule has 1 unspecified atom stereocenters. The summed E-state index contributed by atoms with van der Waals surface area (Å²) in [5.41, 5.74) is 3.98. The van der Waals surface area contributed by atoms with Gasteiger partial charge < -0.3 is 14.8 Å². The highest BCUT2D eigenvalue weighted by Crippen LogP contribution is 2.25. The van der Waals surface area contributed by atoms with Gasteiger partial charge in [-0.3, -0.25) is 4.79 Å². The molecule has 0 aliphatic heterocycles. The lowest BCUT2D eigenvalue weighted by molar-refractivity contribution is -0.121. The molecule has 0 radical (unpaired) electrons. The van der Waals surface area contributed by atoms with Crippen molar-refractivity contribution in [2.24, 2.45) is 5.41 Å². The zero-order valence-corrected chi connectivity index (χ0v) is 14.7. The van der Waals surface area contributed by atoms with Crippen LogP contribution in [0.1, 0.15) is 43.9 Å². The second-order valence-electron chi connectivity index (χ2n) is 7.36. The lowest BCUT2D eigenvalue weighted by atomic mass is 9.87. The van der Waals surface area contributed by atoms with E-state index in [0.717, 1.165) is 16.5 Å². The molecule has 4 heteroatoms. The molecule has 2 aromatic rings. The number of hydrogen-bond donors (Lipinski definition) is 2. The van der Waals surface area contributed by atoms with Crippen LogP contribution in [-0.2, 0) is 11.2 Å². The van der Waals surface area contributed by atoms with Crippen molar-refractivity contribution in [3.63, 3.8) is 0 Å². The van der Waals surface area contributed by atoms with Crippen LogP contribution in [0.2, 0.25) is 0 Å². The number of amides is 1. The minimum absolute atomic E-state index is 0.0235. The molecule has 1 aromatic carbocycles. The number of carbonyl (C=O) groups excluding carboxylic acids is 1. The number of hydrogen-bond acceptors (Lipinski definition) is 3. The normalized spacial score (nSPS) is 13.3. The fourth-order valence-electron chi connectivity index (χ4n) is 2.92. The van der Waals surface area contributed by atoms with Crippen LogP contribution in [0.3, 0.4) is 0 Å². The molecule has 0 aliphatic carbocycles. The zero-order chi connectivity index (χ0) is 17.2. The second kappa shape index (κ2) is 6.75. The topological polar surface area (TPSA) is 62.5 Å². The Labute approximate surface area is 137 Å². The Hall–Kier alpha value is -1.81. The monoisotopic (exact) mass is 317 g/mol. The first-order valence-electron chi connectivity index (χ1n) is 8.10. The Kier molecular flexibility index (Phi) is 5.15. The summed E-state index contributed by atoms with van der Waals surface area (Å²) in [6.07, 6.45) is 2.26. The highest BCUT2D eigenvalue weighted by Gasteiger charge is 2.21. The molecule has 2 rings (SSSR count). The van der Waals surface area contributed by atoms with Gasteiger partial charge in [0.1, 0.15) is 5.58 Å². The average molecular weight is 317 g/mol. The molecular weight excluding hydrogens is 290 g/mol. The van der Waals surface area contributed by atoms with Crippen molar-refractivity contribution in [1.29, 1.82) is 0 Å². The van der Waals surface area contributed by atoms with Gasteiger partial charge in [-0.25, -0.2) is 0 Å². The molecule has 4 nitrogen and oxygen atoms in total. The van der Waals surface area contributed by atoms with E-state index in [9.17, 15) is 9.90 Å². The van der Waals surface area contributed by atoms with E-state index in [1.165, 1.54) is 11.1 Å². The first-order valence-corrected chi connectivity index (χ1v) is 8.10. The third-order valence-electron chi connectivity index (χ3n) is 4.23. The molecule has 0 aliphatic rings. The number of fused-ring (bicyclic) bond motifs is 1. The molecule has 0 saturated carbocycles. The van der Waals surface area contributed by atoms with Crippen molar-refractivity contribution in [1.82, 2.24) is 5.32 Å². The van der Waals surface area contributed by atoms with Gasteiger partial charge in [-0.1, -0.05) is 13.8 Å². The van der Waals surface area contributed by atoms with E-state index in [0.29, 0.717) is 19.4 Å². The van der Waals surface area contributed by atoms with E-state index in [1.54, 1.807) is 13.2 Å². The summed E-state index contributed by atoms with van der Waals surface area (Å²) < 4.78 is 5.57. The van der Waals surface area contributed by atoms with Crippen molar-refractivity contribution >= 4 is 16.9 Å². The van der Waals surface area contributed by atoms with Crippen LogP contribution in [-0.4, -0.2) is 23.7 Å². The first-order chi connectivity index (χ1) is 10.7. The van der Waals surface area contributed by atoms with Gasteiger partial charge >= 0.3 is 0 Å². The Morgan fingerprint density at radius 3 is 2.61 bits per heavy atom. The molecule has 0 saturated heterocycles. The van der Waals surface area contributed by atoms with Crippen LogP contribution in [0.25, 0.3) is 11.0 Å². The number of aryl methyl sites for hydroxylation is 2.